The smallest absolute Gasteiger partial charge is 0.346 e. The number of aliphatic carboxylic acids is 1. The standard InChI is InChI=1S/C17H14FNO4/c18-12-7-5-11(6-8-12)9-16(20)19-10-15(17(21)22)23-14-4-2-1-3-13(14)19/h1-8,15H,9-10H2,(H,21,22). The fourth-order valence-corrected chi connectivity index (χ4v) is 2.47. The molecule has 1 aliphatic rings. The summed E-state index contributed by atoms with van der Waals surface area (Å²) < 4.78 is 18.3. The van der Waals surface area contributed by atoms with Gasteiger partial charge in [0.25, 0.3) is 0 Å². The number of rotatable bonds is 3. The Kier molecular flexibility index (Phi) is 3.97. The minimum Gasteiger partial charge on any atom is -0.478 e. The first-order valence-corrected chi connectivity index (χ1v) is 7.08. The second-order valence-corrected chi connectivity index (χ2v) is 5.22. The number of benzene rings is 2. The van der Waals surface area contributed by atoms with Crippen LogP contribution in [0.15, 0.2) is 48.5 Å². The van der Waals surface area contributed by atoms with Crippen molar-refractivity contribution in [1.82, 2.24) is 0 Å². The molecule has 1 amide bonds. The van der Waals surface area contributed by atoms with Crippen LogP contribution in [0.5, 0.6) is 5.75 Å². The zero-order chi connectivity index (χ0) is 16.4. The summed E-state index contributed by atoms with van der Waals surface area (Å²) in [6.45, 7) is -0.0631. The predicted molar refractivity (Wildman–Crippen MR) is 81.0 cm³/mol. The van der Waals surface area contributed by atoms with Crippen molar-refractivity contribution in [2.24, 2.45) is 0 Å². The number of carbonyl (C=O) groups excluding carboxylic acids is 1. The number of carbonyl (C=O) groups is 2. The van der Waals surface area contributed by atoms with Crippen molar-refractivity contribution < 1.29 is 23.8 Å². The zero-order valence-corrected chi connectivity index (χ0v) is 12.1. The third-order valence-electron chi connectivity index (χ3n) is 3.62. The van der Waals surface area contributed by atoms with Gasteiger partial charge in [-0.15, -0.1) is 0 Å². The summed E-state index contributed by atoms with van der Waals surface area (Å²) >= 11 is 0. The molecule has 1 unspecified atom stereocenters. The molecule has 0 bridgehead atoms. The summed E-state index contributed by atoms with van der Waals surface area (Å²) in [4.78, 5) is 25.2. The Morgan fingerprint density at radius 2 is 1.87 bits per heavy atom. The molecule has 0 aliphatic carbocycles. The fraction of sp³-hybridized carbons (Fsp3) is 0.176. The Bertz CT molecular complexity index is 745. The van der Waals surface area contributed by atoms with Gasteiger partial charge in [-0.25, -0.2) is 9.18 Å². The lowest BCUT2D eigenvalue weighted by Gasteiger charge is -2.33. The number of halogens is 1. The van der Waals surface area contributed by atoms with Gasteiger partial charge in [-0.05, 0) is 29.8 Å². The maximum absolute atomic E-state index is 12.9. The molecule has 3 rings (SSSR count). The van der Waals surface area contributed by atoms with E-state index in [0.29, 0.717) is 17.0 Å². The van der Waals surface area contributed by atoms with Gasteiger partial charge in [0, 0.05) is 0 Å². The van der Waals surface area contributed by atoms with Crippen molar-refractivity contribution >= 4 is 17.6 Å². The number of amides is 1. The first kappa shape index (κ1) is 15.0. The number of hydrogen-bond acceptors (Lipinski definition) is 3. The highest BCUT2D eigenvalue weighted by Gasteiger charge is 2.33. The molecule has 2 aromatic carbocycles. The highest BCUT2D eigenvalue weighted by molar-refractivity contribution is 5.97. The molecule has 5 nitrogen and oxygen atoms in total. The molecule has 6 heteroatoms. The topological polar surface area (TPSA) is 66.8 Å². The summed E-state index contributed by atoms with van der Waals surface area (Å²) in [5.41, 5.74) is 1.20. The maximum Gasteiger partial charge on any atom is 0.346 e. The predicted octanol–water partition coefficient (Wildman–Crippen LogP) is 2.25. The van der Waals surface area contributed by atoms with E-state index in [-0.39, 0.29) is 24.7 Å². The van der Waals surface area contributed by atoms with Crippen LogP contribution in [0.1, 0.15) is 5.56 Å². The molecule has 23 heavy (non-hydrogen) atoms. The minimum absolute atomic E-state index is 0.0565. The van der Waals surface area contributed by atoms with Crippen LogP contribution in [0.25, 0.3) is 0 Å². The van der Waals surface area contributed by atoms with Crippen molar-refractivity contribution in [3.05, 3.63) is 59.9 Å². The minimum atomic E-state index is -1.13. The van der Waals surface area contributed by atoms with Gasteiger partial charge in [-0.3, -0.25) is 4.79 Å². The summed E-state index contributed by atoms with van der Waals surface area (Å²) in [5.74, 6) is -1.40. The summed E-state index contributed by atoms with van der Waals surface area (Å²) in [6, 6.07) is 12.4. The van der Waals surface area contributed by atoms with Gasteiger partial charge in [-0.2, -0.15) is 0 Å². The molecule has 0 spiro atoms. The second kappa shape index (κ2) is 6.08. The Balaban J connectivity index is 1.86. The van der Waals surface area contributed by atoms with Gasteiger partial charge in [0.05, 0.1) is 18.7 Å². The lowest BCUT2D eigenvalue weighted by Crippen LogP contribution is -2.47. The number of hydrogen-bond donors (Lipinski definition) is 1. The Morgan fingerprint density at radius 1 is 1.17 bits per heavy atom. The summed E-state index contributed by atoms with van der Waals surface area (Å²) in [7, 11) is 0. The van der Waals surface area contributed by atoms with Crippen LogP contribution in [0.2, 0.25) is 0 Å². The van der Waals surface area contributed by atoms with E-state index in [2.05, 4.69) is 0 Å². The monoisotopic (exact) mass is 315 g/mol. The largest absolute Gasteiger partial charge is 0.478 e. The number of para-hydroxylation sites is 2. The van der Waals surface area contributed by atoms with Crippen molar-refractivity contribution in [2.45, 2.75) is 12.5 Å². The van der Waals surface area contributed by atoms with Crippen molar-refractivity contribution in [3.8, 4) is 5.75 Å². The number of anilines is 1. The van der Waals surface area contributed by atoms with E-state index in [9.17, 15) is 19.1 Å². The lowest BCUT2D eigenvalue weighted by atomic mass is 10.1. The molecule has 0 saturated carbocycles. The third kappa shape index (κ3) is 3.15. The third-order valence-corrected chi connectivity index (χ3v) is 3.62. The second-order valence-electron chi connectivity index (χ2n) is 5.22. The molecule has 1 heterocycles. The van der Waals surface area contributed by atoms with E-state index in [0.717, 1.165) is 0 Å². The molecular weight excluding hydrogens is 301 g/mol. The van der Waals surface area contributed by atoms with Crippen LogP contribution >= 0.6 is 0 Å². The van der Waals surface area contributed by atoms with E-state index >= 15 is 0 Å². The SMILES string of the molecule is O=C(O)C1CN(C(=O)Cc2ccc(F)cc2)c2ccccc2O1. The Morgan fingerprint density at radius 3 is 2.57 bits per heavy atom. The maximum atomic E-state index is 12.9. The quantitative estimate of drug-likeness (QED) is 0.943. The number of ether oxygens (including phenoxy) is 1. The number of nitrogens with zero attached hydrogens (tertiary/aromatic N) is 1. The molecule has 1 aliphatic heterocycles. The summed E-state index contributed by atoms with van der Waals surface area (Å²) in [5, 5.41) is 9.18. The average Bonchev–Trinajstić information content (AvgIpc) is 2.55. The normalized spacial score (nSPS) is 16.4. The number of fused-ring (bicyclic) bond motifs is 1. The van der Waals surface area contributed by atoms with Crippen LogP contribution in [-0.2, 0) is 16.0 Å². The van der Waals surface area contributed by atoms with E-state index in [1.54, 1.807) is 24.3 Å². The van der Waals surface area contributed by atoms with E-state index in [1.807, 2.05) is 0 Å². The zero-order valence-electron chi connectivity index (χ0n) is 12.1. The van der Waals surface area contributed by atoms with Gasteiger partial charge < -0.3 is 14.7 Å². The van der Waals surface area contributed by atoms with Crippen molar-refractivity contribution in [2.75, 3.05) is 11.4 Å². The average molecular weight is 315 g/mol. The number of carboxylic acids is 1. The van der Waals surface area contributed by atoms with Crippen LogP contribution in [0.3, 0.4) is 0 Å². The van der Waals surface area contributed by atoms with E-state index < -0.39 is 12.1 Å². The summed E-state index contributed by atoms with van der Waals surface area (Å²) in [6.07, 6.45) is -1.05. The molecule has 0 fully saturated rings. The molecule has 118 valence electrons. The van der Waals surface area contributed by atoms with Gasteiger partial charge in [-0.1, -0.05) is 24.3 Å². The molecule has 0 radical (unpaired) electrons. The fourth-order valence-electron chi connectivity index (χ4n) is 2.47. The Labute approximate surface area is 131 Å². The first-order valence-electron chi connectivity index (χ1n) is 7.08. The van der Waals surface area contributed by atoms with Crippen LogP contribution in [-0.4, -0.2) is 29.6 Å². The Hall–Kier alpha value is -2.89. The molecule has 1 atom stereocenters. The van der Waals surface area contributed by atoms with Gasteiger partial charge >= 0.3 is 5.97 Å². The van der Waals surface area contributed by atoms with Crippen LogP contribution in [0, 0.1) is 5.82 Å². The van der Waals surface area contributed by atoms with Crippen molar-refractivity contribution in [3.63, 3.8) is 0 Å². The van der Waals surface area contributed by atoms with Crippen molar-refractivity contribution in [1.29, 1.82) is 0 Å². The molecule has 1 N–H and O–H groups in total. The van der Waals surface area contributed by atoms with E-state index in [1.165, 1.54) is 29.2 Å². The highest BCUT2D eigenvalue weighted by Crippen LogP contribution is 2.33. The molecule has 2 aromatic rings. The first-order chi connectivity index (χ1) is 11.0. The van der Waals surface area contributed by atoms with Gasteiger partial charge in [0.15, 0.2) is 0 Å². The molecule has 0 saturated heterocycles. The molecular formula is C17H14FNO4. The van der Waals surface area contributed by atoms with E-state index in [4.69, 9.17) is 4.74 Å². The van der Waals surface area contributed by atoms with Crippen LogP contribution < -0.4 is 9.64 Å². The van der Waals surface area contributed by atoms with Crippen LogP contribution in [0.4, 0.5) is 10.1 Å². The number of carboxylic acid groups (broad SMARTS) is 1. The van der Waals surface area contributed by atoms with Gasteiger partial charge in [0.1, 0.15) is 11.6 Å². The lowest BCUT2D eigenvalue weighted by molar-refractivity contribution is -0.145. The van der Waals surface area contributed by atoms with Gasteiger partial charge in [0.2, 0.25) is 12.0 Å². The highest BCUT2D eigenvalue weighted by atomic mass is 19.1. The molecule has 0 aromatic heterocycles.